The van der Waals surface area contributed by atoms with Gasteiger partial charge in [0, 0.05) is 40.3 Å². The highest BCUT2D eigenvalue weighted by atomic mass is 16.5. The van der Waals surface area contributed by atoms with Gasteiger partial charge in [-0.05, 0) is 36.5 Å². The molecule has 3 aliphatic rings. The summed E-state index contributed by atoms with van der Waals surface area (Å²) in [5, 5.41) is 3.48. The summed E-state index contributed by atoms with van der Waals surface area (Å²) in [5.41, 5.74) is 5.64. The number of allylic oxidation sites excluding steroid dienone is 3. The van der Waals surface area contributed by atoms with E-state index in [9.17, 15) is 14.4 Å². The van der Waals surface area contributed by atoms with Crippen molar-refractivity contribution in [1.82, 2.24) is 5.32 Å². The second-order valence-electron chi connectivity index (χ2n) is 9.40. The van der Waals surface area contributed by atoms with Crippen LogP contribution < -0.4 is 5.32 Å². The molecule has 1 aliphatic heterocycles. The number of hydrogen-bond donors (Lipinski definition) is 1. The third kappa shape index (κ3) is 3.11. The summed E-state index contributed by atoms with van der Waals surface area (Å²) in [6.45, 7) is 6.26. The average molecular weight is 428 g/mol. The van der Waals surface area contributed by atoms with E-state index in [4.69, 9.17) is 4.74 Å². The first-order chi connectivity index (χ1) is 15.3. The molecule has 1 atom stereocenters. The number of Topliss-reactive ketones (excluding diaryl/α,β-unsaturated/α-hetero) is 2. The molecule has 2 aromatic carbocycles. The Morgan fingerprint density at radius 1 is 1.00 bits per heavy atom. The van der Waals surface area contributed by atoms with Gasteiger partial charge >= 0.3 is 5.97 Å². The molecular weight excluding hydrogens is 402 g/mol. The largest absolute Gasteiger partial charge is 0.462 e. The Morgan fingerprint density at radius 3 is 2.38 bits per heavy atom. The Kier molecular flexibility index (Phi) is 4.66. The number of ether oxygens (including phenoxy) is 1. The fraction of sp³-hybridized carbons (Fsp3) is 0.296. The second kappa shape index (κ2) is 7.30. The summed E-state index contributed by atoms with van der Waals surface area (Å²) in [7, 11) is 0. The van der Waals surface area contributed by atoms with Crippen molar-refractivity contribution in [2.75, 3.05) is 6.61 Å². The van der Waals surface area contributed by atoms with E-state index < -0.39 is 5.92 Å². The van der Waals surface area contributed by atoms with Crippen LogP contribution in [0.2, 0.25) is 0 Å². The number of carbonyl (C=O) groups excluding carboxylic acids is 3. The third-order valence-electron chi connectivity index (χ3n) is 6.48. The number of carbonyl (C=O) groups is 3. The van der Waals surface area contributed by atoms with Crippen LogP contribution in [0.5, 0.6) is 0 Å². The van der Waals surface area contributed by atoms with Gasteiger partial charge in [-0.1, -0.05) is 50.2 Å². The van der Waals surface area contributed by atoms with Crippen LogP contribution in [0.1, 0.15) is 71.4 Å². The van der Waals surface area contributed by atoms with Gasteiger partial charge in [0.2, 0.25) is 0 Å². The normalized spacial score (nSPS) is 21.0. The van der Waals surface area contributed by atoms with Gasteiger partial charge in [-0.3, -0.25) is 9.59 Å². The maximum Gasteiger partial charge on any atom is 0.338 e. The zero-order chi connectivity index (χ0) is 22.6. The lowest BCUT2D eigenvalue weighted by Gasteiger charge is -2.39. The molecule has 5 heteroatoms. The minimum atomic E-state index is -0.457. The fourth-order valence-corrected chi connectivity index (χ4v) is 5.15. The molecule has 2 aliphatic carbocycles. The van der Waals surface area contributed by atoms with Gasteiger partial charge < -0.3 is 10.1 Å². The van der Waals surface area contributed by atoms with Crippen LogP contribution in [0.15, 0.2) is 65.4 Å². The van der Waals surface area contributed by atoms with Crippen LogP contribution in [-0.2, 0) is 9.53 Å². The number of ketones is 2. The molecule has 0 aromatic heterocycles. The molecule has 1 heterocycles. The summed E-state index contributed by atoms with van der Waals surface area (Å²) in [4.78, 5) is 38.9. The highest BCUT2D eigenvalue weighted by Crippen LogP contribution is 2.51. The zero-order valence-corrected chi connectivity index (χ0v) is 18.5. The van der Waals surface area contributed by atoms with Crippen LogP contribution in [0, 0.1) is 5.41 Å². The lowest BCUT2D eigenvalue weighted by molar-refractivity contribution is -0.118. The third-order valence-corrected chi connectivity index (χ3v) is 6.48. The van der Waals surface area contributed by atoms with Crippen molar-refractivity contribution in [3.8, 4) is 0 Å². The predicted octanol–water partition coefficient (Wildman–Crippen LogP) is 4.80. The molecule has 0 fully saturated rings. The summed E-state index contributed by atoms with van der Waals surface area (Å²) < 4.78 is 5.09. The molecule has 32 heavy (non-hydrogen) atoms. The highest BCUT2D eigenvalue weighted by Gasteiger charge is 2.46. The minimum Gasteiger partial charge on any atom is -0.462 e. The van der Waals surface area contributed by atoms with E-state index in [0.717, 1.165) is 28.9 Å². The Labute approximate surface area is 187 Å². The molecule has 0 saturated carbocycles. The van der Waals surface area contributed by atoms with Crippen molar-refractivity contribution in [2.45, 2.75) is 39.5 Å². The first kappa shape index (κ1) is 20.4. The van der Waals surface area contributed by atoms with E-state index in [0.29, 0.717) is 35.3 Å². The molecule has 0 spiro atoms. The summed E-state index contributed by atoms with van der Waals surface area (Å²) in [6, 6.07) is 14.7. The predicted molar refractivity (Wildman–Crippen MR) is 121 cm³/mol. The molecule has 2 aromatic rings. The molecule has 5 rings (SSSR count). The maximum atomic E-state index is 13.5. The number of nitrogens with one attached hydrogen (secondary N) is 1. The number of fused-ring (bicyclic) bond motifs is 2. The Bertz CT molecular complexity index is 1230. The smallest absolute Gasteiger partial charge is 0.338 e. The fourth-order valence-electron chi connectivity index (χ4n) is 5.15. The molecule has 162 valence electrons. The van der Waals surface area contributed by atoms with E-state index in [1.54, 1.807) is 19.1 Å². The Hall–Kier alpha value is -3.47. The maximum absolute atomic E-state index is 13.5. The molecule has 1 unspecified atom stereocenters. The molecule has 5 nitrogen and oxygen atoms in total. The van der Waals surface area contributed by atoms with E-state index in [-0.39, 0.29) is 23.0 Å². The van der Waals surface area contributed by atoms with E-state index in [1.165, 1.54) is 0 Å². The Morgan fingerprint density at radius 2 is 1.69 bits per heavy atom. The van der Waals surface area contributed by atoms with Crippen LogP contribution in [0.3, 0.4) is 0 Å². The Balaban J connectivity index is 1.66. The van der Waals surface area contributed by atoms with Crippen LogP contribution in [-0.4, -0.2) is 24.1 Å². The van der Waals surface area contributed by atoms with Gasteiger partial charge in [0.25, 0.3) is 0 Å². The van der Waals surface area contributed by atoms with Crippen molar-refractivity contribution in [3.63, 3.8) is 0 Å². The van der Waals surface area contributed by atoms with Crippen molar-refractivity contribution < 1.29 is 19.1 Å². The van der Waals surface area contributed by atoms with Gasteiger partial charge in [0.15, 0.2) is 11.6 Å². The number of esters is 1. The molecule has 0 saturated heterocycles. The molecular formula is C27H25NO4. The van der Waals surface area contributed by atoms with Gasteiger partial charge in [0.1, 0.15) is 0 Å². The first-order valence-corrected chi connectivity index (χ1v) is 11.0. The molecule has 0 bridgehead atoms. The van der Waals surface area contributed by atoms with E-state index in [1.807, 2.05) is 36.4 Å². The molecule has 0 amide bonds. The van der Waals surface area contributed by atoms with Gasteiger partial charge in [-0.2, -0.15) is 0 Å². The van der Waals surface area contributed by atoms with Gasteiger partial charge in [-0.25, -0.2) is 4.79 Å². The summed E-state index contributed by atoms with van der Waals surface area (Å²) >= 11 is 0. The van der Waals surface area contributed by atoms with Crippen LogP contribution in [0.4, 0.5) is 0 Å². The van der Waals surface area contributed by atoms with Gasteiger partial charge in [0.05, 0.1) is 17.9 Å². The SMILES string of the molecule is CCOC(=O)c1ccc(C2C3=C(CC(C)(C)CC3=O)NC3=C2C(=O)c2ccccc23)cc1. The van der Waals surface area contributed by atoms with E-state index >= 15 is 0 Å². The first-order valence-electron chi connectivity index (χ1n) is 11.0. The van der Waals surface area contributed by atoms with E-state index in [2.05, 4.69) is 19.2 Å². The molecule has 0 radical (unpaired) electrons. The van der Waals surface area contributed by atoms with Gasteiger partial charge in [-0.15, -0.1) is 0 Å². The molecule has 1 N–H and O–H groups in total. The number of dihydropyridines is 1. The summed E-state index contributed by atoms with van der Waals surface area (Å²) in [5.74, 6) is -0.824. The van der Waals surface area contributed by atoms with Crippen LogP contribution >= 0.6 is 0 Å². The number of hydrogen-bond acceptors (Lipinski definition) is 5. The van der Waals surface area contributed by atoms with Crippen molar-refractivity contribution in [2.24, 2.45) is 5.41 Å². The zero-order valence-electron chi connectivity index (χ0n) is 18.5. The number of benzene rings is 2. The number of rotatable bonds is 3. The van der Waals surface area contributed by atoms with Crippen molar-refractivity contribution in [1.29, 1.82) is 0 Å². The van der Waals surface area contributed by atoms with Crippen molar-refractivity contribution in [3.05, 3.63) is 87.6 Å². The minimum absolute atomic E-state index is 0.0493. The highest BCUT2D eigenvalue weighted by molar-refractivity contribution is 6.23. The second-order valence-corrected chi connectivity index (χ2v) is 9.40. The topological polar surface area (TPSA) is 72.5 Å². The quantitative estimate of drug-likeness (QED) is 0.713. The van der Waals surface area contributed by atoms with Crippen LogP contribution in [0.25, 0.3) is 5.70 Å². The lowest BCUT2D eigenvalue weighted by atomic mass is 9.68. The summed E-state index contributed by atoms with van der Waals surface area (Å²) in [6.07, 6.45) is 1.17. The average Bonchev–Trinajstić information content (AvgIpc) is 3.04. The standard InChI is InChI=1S/C27H25NO4/c1-4-32-26(31)16-11-9-15(10-12-16)21-22-19(13-27(2,3)14-20(22)29)28-24-17-7-5-6-8-18(17)25(30)23(21)24/h5-12,21,28H,4,13-14H2,1-3H3. The van der Waals surface area contributed by atoms with Crippen molar-refractivity contribution >= 4 is 23.2 Å². The lowest BCUT2D eigenvalue weighted by Crippen LogP contribution is -2.37. The monoisotopic (exact) mass is 427 g/mol.